The number of nitrogens with one attached hydrogen (secondary N) is 2. The van der Waals surface area contributed by atoms with Gasteiger partial charge in [0.15, 0.2) is 0 Å². The highest BCUT2D eigenvalue weighted by molar-refractivity contribution is 5.84. The number of carbonyl (C=O) groups is 1. The van der Waals surface area contributed by atoms with Crippen LogP contribution in [0.1, 0.15) is 39.0 Å². The number of nitrogens with zero attached hydrogens (tertiary/aromatic N) is 2. The van der Waals surface area contributed by atoms with Crippen LogP contribution in [0.3, 0.4) is 0 Å². The molecule has 2 amide bonds. The molecule has 0 aliphatic heterocycles. The van der Waals surface area contributed by atoms with Crippen molar-refractivity contribution in [3.63, 3.8) is 0 Å². The minimum atomic E-state index is -0.174. The third-order valence-electron chi connectivity index (χ3n) is 4.56. The number of para-hydroxylation sites is 2. The standard InChI is InChI=1S/C17H24N4O/c1-13-5-4-6-14(11-13)9-10-18-17(22)20-21-12-19-15-7-2-3-8-16(15)21/h2-3,7-8,12-14H,4-6,9-11H2,1H3,(H2,18,20,22)/t13-,14+/m0/s1. The van der Waals surface area contributed by atoms with E-state index in [1.165, 1.54) is 25.7 Å². The van der Waals surface area contributed by atoms with Crippen LogP contribution in [0.4, 0.5) is 4.79 Å². The molecule has 1 aliphatic carbocycles. The van der Waals surface area contributed by atoms with E-state index in [2.05, 4.69) is 22.7 Å². The van der Waals surface area contributed by atoms with Crippen molar-refractivity contribution in [1.82, 2.24) is 15.0 Å². The van der Waals surface area contributed by atoms with E-state index in [1.807, 2.05) is 24.3 Å². The molecule has 1 aliphatic rings. The molecule has 1 heterocycles. The van der Waals surface area contributed by atoms with Gasteiger partial charge in [-0.1, -0.05) is 38.3 Å². The first-order chi connectivity index (χ1) is 10.7. The lowest BCUT2D eigenvalue weighted by atomic mass is 9.81. The summed E-state index contributed by atoms with van der Waals surface area (Å²) in [6.45, 7) is 3.06. The van der Waals surface area contributed by atoms with Gasteiger partial charge < -0.3 is 5.32 Å². The molecule has 5 nitrogen and oxygen atoms in total. The van der Waals surface area contributed by atoms with Gasteiger partial charge in [-0.2, -0.15) is 0 Å². The predicted molar refractivity (Wildman–Crippen MR) is 88.2 cm³/mol. The van der Waals surface area contributed by atoms with Crippen LogP contribution < -0.4 is 10.7 Å². The fourth-order valence-electron chi connectivity index (χ4n) is 3.41. The number of imidazole rings is 1. The number of hydrogen-bond donors (Lipinski definition) is 2. The summed E-state index contributed by atoms with van der Waals surface area (Å²) in [6, 6.07) is 7.56. The molecular weight excluding hydrogens is 276 g/mol. The largest absolute Gasteiger partial charge is 0.337 e. The molecule has 1 aromatic carbocycles. The third kappa shape index (κ3) is 3.59. The maximum Gasteiger partial charge on any atom is 0.333 e. The van der Waals surface area contributed by atoms with Crippen LogP contribution in [0.15, 0.2) is 30.6 Å². The van der Waals surface area contributed by atoms with Crippen molar-refractivity contribution in [2.45, 2.75) is 39.0 Å². The van der Waals surface area contributed by atoms with Gasteiger partial charge in [-0.05, 0) is 36.8 Å². The number of urea groups is 1. The monoisotopic (exact) mass is 300 g/mol. The Morgan fingerprint density at radius 1 is 1.36 bits per heavy atom. The average molecular weight is 300 g/mol. The van der Waals surface area contributed by atoms with E-state index < -0.39 is 0 Å². The Hall–Kier alpha value is -2.04. The normalized spacial score (nSPS) is 21.7. The summed E-state index contributed by atoms with van der Waals surface area (Å²) in [7, 11) is 0. The lowest BCUT2D eigenvalue weighted by molar-refractivity contribution is 0.243. The Morgan fingerprint density at radius 3 is 3.09 bits per heavy atom. The van der Waals surface area contributed by atoms with Crippen LogP contribution in [0.5, 0.6) is 0 Å². The smallest absolute Gasteiger partial charge is 0.333 e. The van der Waals surface area contributed by atoms with E-state index in [0.29, 0.717) is 0 Å². The topological polar surface area (TPSA) is 59.0 Å². The highest BCUT2D eigenvalue weighted by Crippen LogP contribution is 2.30. The molecule has 22 heavy (non-hydrogen) atoms. The Labute approximate surface area is 131 Å². The second-order valence-electron chi connectivity index (χ2n) is 6.40. The molecule has 0 saturated heterocycles. The first-order valence-electron chi connectivity index (χ1n) is 8.19. The van der Waals surface area contributed by atoms with Crippen LogP contribution >= 0.6 is 0 Å². The van der Waals surface area contributed by atoms with Crippen LogP contribution in [-0.4, -0.2) is 22.2 Å². The van der Waals surface area contributed by atoms with Crippen molar-refractivity contribution in [3.05, 3.63) is 30.6 Å². The van der Waals surface area contributed by atoms with Crippen molar-refractivity contribution >= 4 is 17.1 Å². The summed E-state index contributed by atoms with van der Waals surface area (Å²) >= 11 is 0. The number of rotatable bonds is 4. The molecule has 3 rings (SSSR count). The van der Waals surface area contributed by atoms with Crippen LogP contribution in [0.2, 0.25) is 0 Å². The second-order valence-corrected chi connectivity index (χ2v) is 6.40. The van der Waals surface area contributed by atoms with Gasteiger partial charge >= 0.3 is 6.03 Å². The van der Waals surface area contributed by atoms with Gasteiger partial charge in [-0.25, -0.2) is 19.9 Å². The van der Waals surface area contributed by atoms with Crippen LogP contribution in [0.25, 0.3) is 11.0 Å². The van der Waals surface area contributed by atoms with Gasteiger partial charge in [0.1, 0.15) is 6.33 Å². The van der Waals surface area contributed by atoms with Crippen molar-refractivity contribution < 1.29 is 4.79 Å². The SMILES string of the molecule is C[C@H]1CCC[C@H](CCNC(=O)Nn2cnc3ccccc32)C1. The van der Waals surface area contributed by atoms with E-state index in [-0.39, 0.29) is 6.03 Å². The Kier molecular flexibility index (Phi) is 4.61. The summed E-state index contributed by atoms with van der Waals surface area (Å²) in [5.41, 5.74) is 4.59. The summed E-state index contributed by atoms with van der Waals surface area (Å²) in [5.74, 6) is 1.60. The third-order valence-corrected chi connectivity index (χ3v) is 4.56. The fourth-order valence-corrected chi connectivity index (χ4v) is 3.41. The van der Waals surface area contributed by atoms with Gasteiger partial charge in [0.05, 0.1) is 11.0 Å². The number of aromatic nitrogens is 2. The number of benzene rings is 1. The van der Waals surface area contributed by atoms with E-state index in [1.54, 1.807) is 11.0 Å². The van der Waals surface area contributed by atoms with Crippen LogP contribution in [-0.2, 0) is 0 Å². The first kappa shape index (κ1) is 14.9. The number of amides is 2. The maximum absolute atomic E-state index is 12.0. The predicted octanol–water partition coefficient (Wildman–Crippen LogP) is 3.51. The highest BCUT2D eigenvalue weighted by atomic mass is 16.2. The number of hydrogen-bond acceptors (Lipinski definition) is 2. The van der Waals surface area contributed by atoms with Gasteiger partial charge in [0.25, 0.3) is 0 Å². The van der Waals surface area contributed by atoms with Crippen molar-refractivity contribution in [1.29, 1.82) is 0 Å². The second kappa shape index (κ2) is 6.81. The zero-order valence-electron chi connectivity index (χ0n) is 13.1. The van der Waals surface area contributed by atoms with Gasteiger partial charge in [-0.15, -0.1) is 0 Å². The van der Waals surface area contributed by atoms with E-state index in [4.69, 9.17) is 0 Å². The van der Waals surface area contributed by atoms with Gasteiger partial charge in [0.2, 0.25) is 0 Å². The molecule has 0 spiro atoms. The zero-order valence-corrected chi connectivity index (χ0v) is 13.1. The summed E-state index contributed by atoms with van der Waals surface area (Å²) in [4.78, 5) is 16.2. The fraction of sp³-hybridized carbons (Fsp3) is 0.529. The quantitative estimate of drug-likeness (QED) is 0.908. The molecule has 2 aromatic rings. The van der Waals surface area contributed by atoms with Crippen molar-refractivity contribution in [3.8, 4) is 0 Å². The lowest BCUT2D eigenvalue weighted by Crippen LogP contribution is -2.35. The maximum atomic E-state index is 12.0. The van der Waals surface area contributed by atoms with Gasteiger partial charge in [-0.3, -0.25) is 0 Å². The minimum absolute atomic E-state index is 0.174. The zero-order chi connectivity index (χ0) is 15.4. The lowest BCUT2D eigenvalue weighted by Gasteiger charge is -2.26. The van der Waals surface area contributed by atoms with Crippen LogP contribution in [0, 0.1) is 11.8 Å². The molecule has 5 heteroatoms. The van der Waals surface area contributed by atoms with Gasteiger partial charge in [0, 0.05) is 6.54 Å². The van der Waals surface area contributed by atoms with Crippen molar-refractivity contribution in [2.24, 2.45) is 11.8 Å². The average Bonchev–Trinajstić information content (AvgIpc) is 2.91. The molecule has 2 atom stereocenters. The molecule has 0 radical (unpaired) electrons. The number of fused-ring (bicyclic) bond motifs is 1. The molecule has 1 fully saturated rings. The molecular formula is C17H24N4O. The first-order valence-corrected chi connectivity index (χ1v) is 8.19. The molecule has 0 bridgehead atoms. The van der Waals surface area contributed by atoms with E-state index in [9.17, 15) is 4.79 Å². The summed E-state index contributed by atoms with van der Waals surface area (Å²) in [6.07, 6.45) is 8.00. The molecule has 1 saturated carbocycles. The highest BCUT2D eigenvalue weighted by Gasteiger charge is 2.18. The molecule has 1 aromatic heterocycles. The number of carbonyl (C=O) groups excluding carboxylic acids is 1. The van der Waals surface area contributed by atoms with E-state index >= 15 is 0 Å². The molecule has 2 N–H and O–H groups in total. The molecule has 118 valence electrons. The Bertz CT molecular complexity index is 636. The summed E-state index contributed by atoms with van der Waals surface area (Å²) in [5, 5.41) is 2.95. The Balaban J connectivity index is 1.46. The Morgan fingerprint density at radius 2 is 2.23 bits per heavy atom. The summed E-state index contributed by atoms with van der Waals surface area (Å²) < 4.78 is 1.66. The van der Waals surface area contributed by atoms with E-state index in [0.717, 1.165) is 35.8 Å². The van der Waals surface area contributed by atoms with Crippen molar-refractivity contribution in [2.75, 3.05) is 12.0 Å². The minimum Gasteiger partial charge on any atom is -0.337 e. The molecule has 0 unspecified atom stereocenters.